The number of aromatic nitrogens is 3. The lowest BCUT2D eigenvalue weighted by atomic mass is 9.63. The second kappa shape index (κ2) is 15.3. The molecule has 1 aliphatic carbocycles. The molecule has 8 nitrogen and oxygen atoms in total. The van der Waals surface area contributed by atoms with E-state index in [-0.39, 0.29) is 23.1 Å². The summed E-state index contributed by atoms with van der Waals surface area (Å²) >= 11 is 0. The van der Waals surface area contributed by atoms with Crippen LogP contribution < -0.4 is 14.8 Å². The number of likely N-dealkylation sites (tertiary alicyclic amines) is 1. The van der Waals surface area contributed by atoms with Crippen LogP contribution in [-0.4, -0.2) is 57.9 Å². The standard InChI is InChI=1S/C39H51N5O3/c1-4-22-46-34-14-15-36-35(25-34)30(3)23-37(47-36)38(45)42-33(24-31-12-10-29(2)11-13-31)16-19-43-20-17-39(18-21-43,26-44-28-40-27-41-44)32-8-6-5-7-9-32/h10-15,23,25,27-28,32-33H,3-9,16-22,24,26H2,1-2H3,(H,42,45)/t33-/m1/s1. The van der Waals surface area contributed by atoms with Gasteiger partial charge in [-0.15, -0.1) is 0 Å². The zero-order valence-electron chi connectivity index (χ0n) is 28.3. The summed E-state index contributed by atoms with van der Waals surface area (Å²) in [6, 6.07) is 14.3. The normalized spacial score (nSPS) is 18.9. The van der Waals surface area contributed by atoms with Gasteiger partial charge in [-0.1, -0.05) is 62.6 Å². The van der Waals surface area contributed by atoms with Gasteiger partial charge in [0.15, 0.2) is 5.76 Å². The van der Waals surface area contributed by atoms with Crippen LogP contribution in [0, 0.1) is 18.3 Å². The van der Waals surface area contributed by atoms with Crippen molar-refractivity contribution in [1.29, 1.82) is 0 Å². The monoisotopic (exact) mass is 637 g/mol. The Kier molecular flexibility index (Phi) is 10.8. The predicted octanol–water partition coefficient (Wildman–Crippen LogP) is 7.15. The molecule has 3 heterocycles. The van der Waals surface area contributed by atoms with E-state index in [1.807, 2.05) is 24.5 Å². The van der Waals surface area contributed by atoms with Gasteiger partial charge in [-0.25, -0.2) is 4.98 Å². The zero-order chi connectivity index (χ0) is 32.6. The van der Waals surface area contributed by atoms with Crippen molar-refractivity contribution in [2.75, 3.05) is 26.2 Å². The molecule has 2 fully saturated rings. The molecular weight excluding hydrogens is 586 g/mol. The van der Waals surface area contributed by atoms with E-state index in [2.05, 4.69) is 69.7 Å². The first-order chi connectivity index (χ1) is 22.9. The summed E-state index contributed by atoms with van der Waals surface area (Å²) in [7, 11) is 0. The van der Waals surface area contributed by atoms with E-state index in [1.165, 1.54) is 56.1 Å². The lowest BCUT2D eigenvalue weighted by Gasteiger charge is -2.48. The van der Waals surface area contributed by atoms with Crippen LogP contribution in [0.25, 0.3) is 5.57 Å². The first-order valence-corrected chi connectivity index (χ1v) is 17.7. The van der Waals surface area contributed by atoms with Crippen LogP contribution in [0.4, 0.5) is 0 Å². The number of carbonyl (C=O) groups is 1. The fourth-order valence-electron chi connectivity index (χ4n) is 7.75. The Hall–Kier alpha value is -3.91. The molecule has 2 aromatic carbocycles. The maximum atomic E-state index is 13.7. The van der Waals surface area contributed by atoms with Gasteiger partial charge >= 0.3 is 0 Å². The van der Waals surface area contributed by atoms with E-state index in [9.17, 15) is 4.79 Å². The number of nitrogens with one attached hydrogen (secondary N) is 1. The molecule has 1 aromatic heterocycles. The number of rotatable bonds is 13. The van der Waals surface area contributed by atoms with Crippen molar-refractivity contribution in [3.05, 3.63) is 90.2 Å². The number of amides is 1. The molecule has 8 heteroatoms. The van der Waals surface area contributed by atoms with Crippen LogP contribution in [0.2, 0.25) is 0 Å². The Morgan fingerprint density at radius 1 is 1.13 bits per heavy atom. The van der Waals surface area contributed by atoms with Gasteiger partial charge in [-0.05, 0) is 112 Å². The Balaban J connectivity index is 1.10. The van der Waals surface area contributed by atoms with E-state index in [0.717, 1.165) is 68.2 Å². The molecule has 3 aliphatic rings. The molecule has 1 amide bonds. The number of benzene rings is 2. The number of fused-ring (bicyclic) bond motifs is 1. The lowest BCUT2D eigenvalue weighted by Crippen LogP contribution is -2.48. The van der Waals surface area contributed by atoms with E-state index in [4.69, 9.17) is 9.47 Å². The molecule has 250 valence electrons. The number of ether oxygens (including phenoxy) is 2. The number of carbonyl (C=O) groups excluding carboxylic acids is 1. The van der Waals surface area contributed by atoms with Gasteiger partial charge in [0, 0.05) is 24.7 Å². The molecule has 0 spiro atoms. The number of hydrogen-bond acceptors (Lipinski definition) is 6. The van der Waals surface area contributed by atoms with Gasteiger partial charge in [0.25, 0.3) is 5.91 Å². The van der Waals surface area contributed by atoms with E-state index in [1.54, 1.807) is 12.4 Å². The van der Waals surface area contributed by atoms with Crippen molar-refractivity contribution < 1.29 is 14.3 Å². The molecule has 2 aliphatic heterocycles. The van der Waals surface area contributed by atoms with Crippen molar-refractivity contribution in [2.24, 2.45) is 11.3 Å². The van der Waals surface area contributed by atoms with E-state index >= 15 is 0 Å². The molecule has 3 aromatic rings. The van der Waals surface area contributed by atoms with Crippen LogP contribution in [0.15, 0.2) is 73.5 Å². The summed E-state index contributed by atoms with van der Waals surface area (Å²) in [4.78, 5) is 20.5. The highest BCUT2D eigenvalue weighted by Crippen LogP contribution is 2.47. The highest BCUT2D eigenvalue weighted by Gasteiger charge is 2.42. The Labute approximate surface area is 280 Å². The summed E-state index contributed by atoms with van der Waals surface area (Å²) in [5.41, 5.74) is 4.33. The molecule has 0 bridgehead atoms. The van der Waals surface area contributed by atoms with Crippen LogP contribution in [-0.2, 0) is 17.8 Å². The third-order valence-corrected chi connectivity index (χ3v) is 10.5. The maximum Gasteiger partial charge on any atom is 0.287 e. The van der Waals surface area contributed by atoms with Crippen molar-refractivity contribution in [1.82, 2.24) is 25.0 Å². The van der Waals surface area contributed by atoms with Gasteiger partial charge in [0.2, 0.25) is 0 Å². The van der Waals surface area contributed by atoms with Crippen molar-refractivity contribution in [3.8, 4) is 11.5 Å². The summed E-state index contributed by atoms with van der Waals surface area (Å²) in [6.07, 6.45) is 17.0. The highest BCUT2D eigenvalue weighted by atomic mass is 16.5. The van der Waals surface area contributed by atoms with Crippen LogP contribution in [0.1, 0.15) is 81.4 Å². The number of allylic oxidation sites excluding steroid dienone is 2. The van der Waals surface area contributed by atoms with E-state index < -0.39 is 0 Å². The minimum Gasteiger partial charge on any atom is -0.494 e. The zero-order valence-corrected chi connectivity index (χ0v) is 28.3. The molecule has 6 rings (SSSR count). The van der Waals surface area contributed by atoms with Gasteiger partial charge in [0.1, 0.15) is 24.2 Å². The van der Waals surface area contributed by atoms with Gasteiger partial charge < -0.3 is 19.7 Å². The second-order valence-electron chi connectivity index (χ2n) is 13.9. The van der Waals surface area contributed by atoms with Gasteiger partial charge in [-0.2, -0.15) is 5.10 Å². The van der Waals surface area contributed by atoms with Crippen molar-refractivity contribution in [3.63, 3.8) is 0 Å². The average Bonchev–Trinajstić information content (AvgIpc) is 3.61. The van der Waals surface area contributed by atoms with Crippen molar-refractivity contribution >= 4 is 11.5 Å². The summed E-state index contributed by atoms with van der Waals surface area (Å²) < 4.78 is 14.0. The smallest absolute Gasteiger partial charge is 0.287 e. The number of hydrogen-bond donors (Lipinski definition) is 1. The summed E-state index contributed by atoms with van der Waals surface area (Å²) in [5.74, 6) is 2.24. The minimum atomic E-state index is -0.206. The summed E-state index contributed by atoms with van der Waals surface area (Å²) in [5, 5.41) is 7.83. The summed E-state index contributed by atoms with van der Waals surface area (Å²) in [6.45, 7) is 13.1. The third-order valence-electron chi connectivity index (χ3n) is 10.5. The average molecular weight is 638 g/mol. The maximum absolute atomic E-state index is 13.7. The minimum absolute atomic E-state index is 0.0330. The Morgan fingerprint density at radius 3 is 2.64 bits per heavy atom. The quantitative estimate of drug-likeness (QED) is 0.215. The van der Waals surface area contributed by atoms with E-state index in [0.29, 0.717) is 12.4 Å². The fourth-order valence-corrected chi connectivity index (χ4v) is 7.75. The largest absolute Gasteiger partial charge is 0.494 e. The van der Waals surface area contributed by atoms with Crippen LogP contribution in [0.3, 0.4) is 0 Å². The van der Waals surface area contributed by atoms with Crippen molar-refractivity contribution in [2.45, 2.75) is 90.6 Å². The molecule has 1 saturated carbocycles. The SMILES string of the molecule is C=C1C=C(C(=O)N[C@H](CCN2CCC(Cn3cncn3)(C3CCCCC3)CC2)Cc2ccc(C)cc2)Oc2ccc(OCCC)cc21. The Morgan fingerprint density at radius 2 is 1.91 bits per heavy atom. The molecule has 1 saturated heterocycles. The topological polar surface area (TPSA) is 81.5 Å². The highest BCUT2D eigenvalue weighted by molar-refractivity contribution is 5.97. The first-order valence-electron chi connectivity index (χ1n) is 17.7. The number of piperidine rings is 1. The molecule has 1 N–H and O–H groups in total. The third kappa shape index (κ3) is 8.33. The van der Waals surface area contributed by atoms with Gasteiger partial charge in [0.05, 0.1) is 6.61 Å². The molecule has 0 unspecified atom stereocenters. The molecule has 47 heavy (non-hydrogen) atoms. The first kappa shape index (κ1) is 33.0. The van der Waals surface area contributed by atoms with Gasteiger partial charge in [-0.3, -0.25) is 9.48 Å². The molecule has 1 atom stereocenters. The molecular formula is C39H51N5O3. The predicted molar refractivity (Wildman–Crippen MR) is 186 cm³/mol. The Bertz CT molecular complexity index is 1520. The lowest BCUT2D eigenvalue weighted by molar-refractivity contribution is -0.120. The van der Waals surface area contributed by atoms with Crippen LogP contribution in [0.5, 0.6) is 11.5 Å². The fraction of sp³-hybridized carbons (Fsp3) is 0.513. The van der Waals surface area contributed by atoms with Crippen LogP contribution >= 0.6 is 0 Å². The second-order valence-corrected chi connectivity index (χ2v) is 13.9. The number of nitrogens with zero attached hydrogens (tertiary/aromatic N) is 4. The molecule has 0 radical (unpaired) electrons. The number of aryl methyl sites for hydroxylation is 1.